The van der Waals surface area contributed by atoms with E-state index in [1.165, 1.54) is 11.3 Å². The number of esters is 1. The van der Waals surface area contributed by atoms with Crippen molar-refractivity contribution in [3.8, 4) is 5.75 Å². The summed E-state index contributed by atoms with van der Waals surface area (Å²) in [6.07, 6.45) is 0. The van der Waals surface area contributed by atoms with E-state index in [1.54, 1.807) is 47.1 Å². The number of fused-ring (bicyclic) bond motifs is 1. The van der Waals surface area contributed by atoms with E-state index in [4.69, 9.17) is 4.74 Å². The molecule has 0 fully saturated rings. The van der Waals surface area contributed by atoms with E-state index in [1.807, 2.05) is 32.2 Å². The Hall–Kier alpha value is -3.45. The fourth-order valence-electron chi connectivity index (χ4n) is 2.86. The fourth-order valence-corrected chi connectivity index (χ4v) is 3.86. The lowest BCUT2D eigenvalue weighted by Crippen LogP contribution is -2.11. The predicted molar refractivity (Wildman–Crippen MR) is 109 cm³/mol. The monoisotopic (exact) mass is 391 g/mol. The third-order valence-corrected chi connectivity index (χ3v) is 5.44. The maximum atomic E-state index is 12.4. The van der Waals surface area contributed by atoms with Gasteiger partial charge in [-0.25, -0.2) is 4.79 Å². The second kappa shape index (κ2) is 7.28. The van der Waals surface area contributed by atoms with E-state index < -0.39 is 5.97 Å². The average Bonchev–Trinajstić information content (AvgIpc) is 3.26. The molecule has 1 amide bonds. The van der Waals surface area contributed by atoms with Gasteiger partial charge in [0.25, 0.3) is 5.91 Å². The first-order chi connectivity index (χ1) is 13.5. The highest BCUT2D eigenvalue weighted by molar-refractivity contribution is 7.20. The van der Waals surface area contributed by atoms with Crippen LogP contribution in [0.2, 0.25) is 0 Å². The smallest absolute Gasteiger partial charge is 0.353 e. The molecule has 140 valence electrons. The largest absolute Gasteiger partial charge is 0.422 e. The lowest BCUT2D eigenvalue weighted by molar-refractivity contribution is 0.0739. The molecule has 2 aromatic heterocycles. The van der Waals surface area contributed by atoms with Gasteiger partial charge in [0, 0.05) is 23.7 Å². The Balaban J connectivity index is 1.44. The van der Waals surface area contributed by atoms with Gasteiger partial charge in [0.05, 0.1) is 5.69 Å². The SMILES string of the molecule is Cc1nn(C)c2sc(C(=O)Oc3ccc(NC(=O)c4ccccc4)cc3)cc12. The zero-order chi connectivity index (χ0) is 19.7. The number of nitrogens with zero attached hydrogens (tertiary/aromatic N) is 2. The summed E-state index contributed by atoms with van der Waals surface area (Å²) in [4.78, 5) is 26.1. The molecular weight excluding hydrogens is 374 g/mol. The number of amides is 1. The molecule has 4 rings (SSSR count). The number of benzene rings is 2. The summed E-state index contributed by atoms with van der Waals surface area (Å²) in [7, 11) is 1.85. The molecule has 28 heavy (non-hydrogen) atoms. The van der Waals surface area contributed by atoms with Gasteiger partial charge in [-0.1, -0.05) is 18.2 Å². The van der Waals surface area contributed by atoms with Gasteiger partial charge in [0.1, 0.15) is 15.5 Å². The molecule has 4 aromatic rings. The van der Waals surface area contributed by atoms with Crippen LogP contribution in [-0.2, 0) is 7.05 Å². The van der Waals surface area contributed by atoms with E-state index >= 15 is 0 Å². The molecule has 0 atom stereocenters. The third kappa shape index (κ3) is 3.52. The van der Waals surface area contributed by atoms with Crippen LogP contribution in [0.1, 0.15) is 25.7 Å². The quantitative estimate of drug-likeness (QED) is 0.413. The second-order valence-corrected chi connectivity index (χ2v) is 7.30. The van der Waals surface area contributed by atoms with Crippen LogP contribution in [0.4, 0.5) is 5.69 Å². The number of aryl methyl sites for hydroxylation is 2. The lowest BCUT2D eigenvalue weighted by Gasteiger charge is -2.07. The number of aromatic nitrogens is 2. The molecule has 0 spiro atoms. The number of anilines is 1. The predicted octanol–water partition coefficient (Wildman–Crippen LogP) is 4.41. The molecule has 0 saturated carbocycles. The Kier molecular flexibility index (Phi) is 4.67. The minimum Gasteiger partial charge on any atom is -0.422 e. The van der Waals surface area contributed by atoms with Crippen LogP contribution in [0, 0.1) is 6.92 Å². The number of carbonyl (C=O) groups is 2. The zero-order valence-corrected chi connectivity index (χ0v) is 16.1. The Morgan fingerprint density at radius 2 is 1.79 bits per heavy atom. The number of carbonyl (C=O) groups excluding carboxylic acids is 2. The van der Waals surface area contributed by atoms with E-state index in [-0.39, 0.29) is 5.91 Å². The van der Waals surface area contributed by atoms with Crippen molar-refractivity contribution in [2.75, 3.05) is 5.32 Å². The van der Waals surface area contributed by atoms with Crippen LogP contribution < -0.4 is 10.1 Å². The van der Waals surface area contributed by atoms with Crippen molar-refractivity contribution in [2.45, 2.75) is 6.92 Å². The molecule has 7 heteroatoms. The van der Waals surface area contributed by atoms with E-state index in [0.717, 1.165) is 15.9 Å². The first-order valence-electron chi connectivity index (χ1n) is 8.63. The van der Waals surface area contributed by atoms with E-state index in [0.29, 0.717) is 21.9 Å². The number of hydrogen-bond acceptors (Lipinski definition) is 5. The molecule has 0 radical (unpaired) electrons. The van der Waals surface area contributed by atoms with Crippen molar-refractivity contribution in [1.82, 2.24) is 9.78 Å². The highest BCUT2D eigenvalue weighted by Crippen LogP contribution is 2.28. The van der Waals surface area contributed by atoms with Gasteiger partial charge in [-0.2, -0.15) is 5.10 Å². The number of hydrogen-bond donors (Lipinski definition) is 1. The van der Waals surface area contributed by atoms with Crippen molar-refractivity contribution in [2.24, 2.45) is 7.05 Å². The molecule has 2 heterocycles. The Morgan fingerprint density at radius 1 is 1.07 bits per heavy atom. The van der Waals surface area contributed by atoms with Crippen LogP contribution in [0.25, 0.3) is 10.2 Å². The van der Waals surface area contributed by atoms with Crippen LogP contribution in [0.3, 0.4) is 0 Å². The minimum atomic E-state index is -0.415. The van der Waals surface area contributed by atoms with Crippen LogP contribution in [0.5, 0.6) is 5.75 Å². The molecule has 1 N–H and O–H groups in total. The molecule has 6 nitrogen and oxygen atoms in total. The van der Waals surface area contributed by atoms with Crippen LogP contribution >= 0.6 is 11.3 Å². The van der Waals surface area contributed by atoms with Crippen molar-refractivity contribution in [3.63, 3.8) is 0 Å². The van der Waals surface area contributed by atoms with Crippen molar-refractivity contribution in [1.29, 1.82) is 0 Å². The standard InChI is InChI=1S/C21H17N3O3S/c1-13-17-12-18(28-20(17)24(2)23-13)21(26)27-16-10-8-15(9-11-16)22-19(25)14-6-4-3-5-7-14/h3-12H,1-2H3,(H,22,25). The van der Waals surface area contributed by atoms with Gasteiger partial charge < -0.3 is 10.1 Å². The minimum absolute atomic E-state index is 0.195. The highest BCUT2D eigenvalue weighted by Gasteiger charge is 2.17. The van der Waals surface area contributed by atoms with E-state index in [9.17, 15) is 9.59 Å². The van der Waals surface area contributed by atoms with Gasteiger partial charge in [-0.15, -0.1) is 11.3 Å². The van der Waals surface area contributed by atoms with Gasteiger partial charge in [0.2, 0.25) is 0 Å². The Morgan fingerprint density at radius 3 is 2.46 bits per heavy atom. The summed E-state index contributed by atoms with van der Waals surface area (Å²) < 4.78 is 7.21. The number of nitrogens with one attached hydrogen (secondary N) is 1. The molecule has 0 saturated heterocycles. The molecular formula is C21H17N3O3S. The summed E-state index contributed by atoms with van der Waals surface area (Å²) in [6.45, 7) is 1.91. The highest BCUT2D eigenvalue weighted by atomic mass is 32.1. The molecule has 0 unspecified atom stereocenters. The zero-order valence-electron chi connectivity index (χ0n) is 15.3. The van der Waals surface area contributed by atoms with Gasteiger partial charge >= 0.3 is 5.97 Å². The molecule has 0 aliphatic heterocycles. The van der Waals surface area contributed by atoms with Crippen molar-refractivity contribution >= 4 is 39.1 Å². The van der Waals surface area contributed by atoms with E-state index in [2.05, 4.69) is 10.4 Å². The number of ether oxygens (including phenoxy) is 1. The molecule has 0 bridgehead atoms. The molecule has 2 aromatic carbocycles. The Labute approximate surface area is 165 Å². The normalized spacial score (nSPS) is 10.8. The van der Waals surface area contributed by atoms with Gasteiger partial charge in [-0.05, 0) is 49.4 Å². The molecule has 0 aliphatic rings. The summed E-state index contributed by atoms with van der Waals surface area (Å²) in [5.74, 6) is -0.198. The first-order valence-corrected chi connectivity index (χ1v) is 9.45. The number of thiophene rings is 1. The third-order valence-electron chi connectivity index (χ3n) is 4.26. The fraction of sp³-hybridized carbons (Fsp3) is 0.0952. The van der Waals surface area contributed by atoms with Crippen LogP contribution in [0.15, 0.2) is 60.7 Å². The maximum Gasteiger partial charge on any atom is 0.353 e. The Bertz CT molecular complexity index is 1130. The summed E-state index contributed by atoms with van der Waals surface area (Å²) in [6, 6.07) is 17.5. The molecule has 0 aliphatic carbocycles. The second-order valence-electron chi connectivity index (χ2n) is 6.27. The lowest BCUT2D eigenvalue weighted by atomic mass is 10.2. The summed E-state index contributed by atoms with van der Waals surface area (Å²) in [5, 5.41) is 8.10. The average molecular weight is 391 g/mol. The van der Waals surface area contributed by atoms with Crippen molar-refractivity contribution < 1.29 is 14.3 Å². The van der Waals surface area contributed by atoms with Crippen molar-refractivity contribution in [3.05, 3.63) is 76.8 Å². The number of rotatable bonds is 4. The van der Waals surface area contributed by atoms with Gasteiger partial charge in [0.15, 0.2) is 0 Å². The van der Waals surface area contributed by atoms with Crippen LogP contribution in [-0.4, -0.2) is 21.7 Å². The maximum absolute atomic E-state index is 12.4. The summed E-state index contributed by atoms with van der Waals surface area (Å²) >= 11 is 1.35. The first kappa shape index (κ1) is 17.9. The summed E-state index contributed by atoms with van der Waals surface area (Å²) in [5.41, 5.74) is 2.08. The topological polar surface area (TPSA) is 73.2 Å². The van der Waals surface area contributed by atoms with Gasteiger partial charge in [-0.3, -0.25) is 9.48 Å².